The highest BCUT2D eigenvalue weighted by atomic mass is 32.2. The van der Waals surface area contributed by atoms with Crippen molar-refractivity contribution < 1.29 is 17.9 Å². The highest BCUT2D eigenvalue weighted by molar-refractivity contribution is 7.89. The fourth-order valence-electron chi connectivity index (χ4n) is 3.58. The Kier molecular flexibility index (Phi) is 6.20. The van der Waals surface area contributed by atoms with Gasteiger partial charge in [-0.15, -0.1) is 10.2 Å². The van der Waals surface area contributed by atoms with Crippen LogP contribution in [0.4, 0.5) is 5.82 Å². The number of nitrogens with zero attached hydrogens (tertiary/aromatic N) is 4. The zero-order chi connectivity index (χ0) is 22.7. The topological polar surface area (TPSA) is 92.7 Å². The van der Waals surface area contributed by atoms with E-state index in [0.717, 1.165) is 17.0 Å². The lowest BCUT2D eigenvalue weighted by Crippen LogP contribution is -2.49. The summed E-state index contributed by atoms with van der Waals surface area (Å²) in [6.07, 6.45) is 0. The minimum absolute atomic E-state index is 0.0957. The van der Waals surface area contributed by atoms with Gasteiger partial charge in [0.1, 0.15) is 5.75 Å². The molecule has 1 saturated heterocycles. The number of anilines is 1. The monoisotopic (exact) mass is 452 g/mol. The van der Waals surface area contributed by atoms with Crippen molar-refractivity contribution in [2.45, 2.75) is 11.8 Å². The van der Waals surface area contributed by atoms with Crippen molar-refractivity contribution in [1.82, 2.24) is 14.5 Å². The van der Waals surface area contributed by atoms with E-state index in [1.165, 1.54) is 23.4 Å². The van der Waals surface area contributed by atoms with E-state index in [2.05, 4.69) is 10.2 Å². The molecule has 0 bridgehead atoms. The number of hydrogen-bond donors (Lipinski definition) is 0. The lowest BCUT2D eigenvalue weighted by Gasteiger charge is -2.34. The Morgan fingerprint density at radius 1 is 0.875 bits per heavy atom. The molecule has 0 aliphatic carbocycles. The molecule has 0 N–H and O–H groups in total. The summed E-state index contributed by atoms with van der Waals surface area (Å²) in [7, 11) is -1.99. The molecule has 0 unspecified atom stereocenters. The lowest BCUT2D eigenvalue weighted by atomic mass is 10.1. The molecule has 0 saturated carbocycles. The van der Waals surface area contributed by atoms with Crippen LogP contribution in [0.2, 0.25) is 0 Å². The van der Waals surface area contributed by atoms with E-state index < -0.39 is 10.0 Å². The summed E-state index contributed by atoms with van der Waals surface area (Å²) in [5.41, 5.74) is 2.19. The predicted molar refractivity (Wildman–Crippen MR) is 121 cm³/mol. The van der Waals surface area contributed by atoms with Crippen LogP contribution in [0, 0.1) is 0 Å². The molecule has 3 aromatic rings. The Balaban J connectivity index is 1.41. The van der Waals surface area contributed by atoms with Crippen molar-refractivity contribution in [3.63, 3.8) is 0 Å². The second-order valence-corrected chi connectivity index (χ2v) is 9.41. The van der Waals surface area contributed by atoms with Gasteiger partial charge in [0.15, 0.2) is 11.6 Å². The zero-order valence-electron chi connectivity index (χ0n) is 17.9. The van der Waals surface area contributed by atoms with E-state index >= 15 is 0 Å². The van der Waals surface area contributed by atoms with E-state index in [-0.39, 0.29) is 10.7 Å². The maximum Gasteiger partial charge on any atom is 0.243 e. The van der Waals surface area contributed by atoms with Crippen molar-refractivity contribution in [1.29, 1.82) is 0 Å². The van der Waals surface area contributed by atoms with Crippen molar-refractivity contribution in [2.75, 3.05) is 38.2 Å². The summed E-state index contributed by atoms with van der Waals surface area (Å²) < 4.78 is 32.5. The molecule has 2 aromatic carbocycles. The molecule has 4 rings (SSSR count). The number of ether oxygens (including phenoxy) is 1. The minimum Gasteiger partial charge on any atom is -0.497 e. The molecule has 1 aliphatic rings. The summed E-state index contributed by atoms with van der Waals surface area (Å²) in [5, 5.41) is 8.66. The number of benzene rings is 2. The maximum atomic E-state index is 12.9. The van der Waals surface area contributed by atoms with Crippen LogP contribution in [0.5, 0.6) is 5.75 Å². The zero-order valence-corrected chi connectivity index (χ0v) is 18.7. The SMILES string of the molecule is COc1ccc(-c2ccc(N3CCN(S(=O)(=O)c4ccc(C(C)=O)cc4)CC3)nn2)cc1. The Hall–Kier alpha value is -3.30. The number of carbonyl (C=O) groups excluding carboxylic acids is 1. The average Bonchev–Trinajstić information content (AvgIpc) is 2.84. The second kappa shape index (κ2) is 9.05. The van der Waals surface area contributed by atoms with Gasteiger partial charge in [-0.05, 0) is 55.5 Å². The van der Waals surface area contributed by atoms with Crippen LogP contribution in [-0.4, -0.2) is 62.0 Å². The van der Waals surface area contributed by atoms with Gasteiger partial charge in [0.2, 0.25) is 10.0 Å². The van der Waals surface area contributed by atoms with Crippen LogP contribution in [-0.2, 0) is 10.0 Å². The van der Waals surface area contributed by atoms with Gasteiger partial charge in [0.25, 0.3) is 0 Å². The highest BCUT2D eigenvalue weighted by Gasteiger charge is 2.29. The molecule has 0 atom stereocenters. The quantitative estimate of drug-likeness (QED) is 0.531. The van der Waals surface area contributed by atoms with E-state index in [1.807, 2.05) is 41.3 Å². The van der Waals surface area contributed by atoms with Crippen LogP contribution in [0.1, 0.15) is 17.3 Å². The molecule has 0 spiro atoms. The van der Waals surface area contributed by atoms with Crippen LogP contribution in [0.15, 0.2) is 65.6 Å². The van der Waals surface area contributed by atoms with Gasteiger partial charge < -0.3 is 9.64 Å². The molecule has 0 radical (unpaired) electrons. The van der Waals surface area contributed by atoms with Crippen LogP contribution >= 0.6 is 0 Å². The smallest absolute Gasteiger partial charge is 0.243 e. The first kappa shape index (κ1) is 21.9. The Morgan fingerprint density at radius 2 is 1.53 bits per heavy atom. The number of sulfonamides is 1. The second-order valence-electron chi connectivity index (χ2n) is 7.48. The van der Waals surface area contributed by atoms with E-state index in [1.54, 1.807) is 19.2 Å². The van der Waals surface area contributed by atoms with Gasteiger partial charge in [0, 0.05) is 37.3 Å². The number of Topliss-reactive ketones (excluding diaryl/α,β-unsaturated/α-hetero) is 1. The lowest BCUT2D eigenvalue weighted by molar-refractivity contribution is 0.101. The standard InChI is InChI=1S/C23H24N4O4S/c1-17(28)18-5-9-21(10-6-18)32(29,30)27-15-13-26(14-16-27)23-12-11-22(24-25-23)19-3-7-20(31-2)8-4-19/h3-12H,13-16H2,1-2H3. The number of ketones is 1. The molecule has 1 aliphatic heterocycles. The summed E-state index contributed by atoms with van der Waals surface area (Å²) in [6, 6.07) is 17.5. The Labute approximate surface area is 187 Å². The molecule has 1 fully saturated rings. The molecule has 8 nitrogen and oxygen atoms in total. The van der Waals surface area contributed by atoms with Crippen molar-refractivity contribution in [3.05, 3.63) is 66.2 Å². The summed E-state index contributed by atoms with van der Waals surface area (Å²) in [6.45, 7) is 3.18. The first-order valence-electron chi connectivity index (χ1n) is 10.2. The van der Waals surface area contributed by atoms with Gasteiger partial charge >= 0.3 is 0 Å². The fraction of sp³-hybridized carbons (Fsp3) is 0.261. The normalized spacial score (nSPS) is 14.9. The number of methoxy groups -OCH3 is 1. The highest BCUT2D eigenvalue weighted by Crippen LogP contribution is 2.23. The Bertz CT molecular complexity index is 1190. The van der Waals surface area contributed by atoms with Crippen LogP contribution < -0.4 is 9.64 Å². The van der Waals surface area contributed by atoms with Gasteiger partial charge in [-0.1, -0.05) is 12.1 Å². The largest absolute Gasteiger partial charge is 0.497 e. The van der Waals surface area contributed by atoms with Gasteiger partial charge in [-0.2, -0.15) is 4.31 Å². The molecule has 9 heteroatoms. The van der Waals surface area contributed by atoms with E-state index in [9.17, 15) is 13.2 Å². The first-order valence-corrected chi connectivity index (χ1v) is 11.7. The number of hydrogen-bond acceptors (Lipinski definition) is 7. The molecule has 32 heavy (non-hydrogen) atoms. The van der Waals surface area contributed by atoms with Crippen LogP contribution in [0.25, 0.3) is 11.3 Å². The third-order valence-corrected chi connectivity index (χ3v) is 7.41. The number of rotatable bonds is 6. The third-order valence-electron chi connectivity index (χ3n) is 5.50. The summed E-state index contributed by atoms with van der Waals surface area (Å²) >= 11 is 0. The maximum absolute atomic E-state index is 12.9. The Morgan fingerprint density at radius 3 is 2.06 bits per heavy atom. The molecule has 1 aromatic heterocycles. The molecular formula is C23H24N4O4S. The third kappa shape index (κ3) is 4.49. The minimum atomic E-state index is -3.61. The van der Waals surface area contributed by atoms with Gasteiger partial charge in [0.05, 0.1) is 17.7 Å². The van der Waals surface area contributed by atoms with E-state index in [4.69, 9.17) is 4.74 Å². The molecular weight excluding hydrogens is 428 g/mol. The molecule has 2 heterocycles. The summed E-state index contributed by atoms with van der Waals surface area (Å²) in [5.74, 6) is 1.40. The van der Waals surface area contributed by atoms with Crippen molar-refractivity contribution >= 4 is 21.6 Å². The number of carbonyl (C=O) groups is 1. The predicted octanol–water partition coefficient (Wildman–Crippen LogP) is 2.87. The number of aromatic nitrogens is 2. The summed E-state index contributed by atoms with van der Waals surface area (Å²) in [4.78, 5) is 13.6. The van der Waals surface area contributed by atoms with E-state index in [0.29, 0.717) is 37.6 Å². The van der Waals surface area contributed by atoms with Crippen molar-refractivity contribution in [2.24, 2.45) is 0 Å². The fourth-order valence-corrected chi connectivity index (χ4v) is 5.00. The number of piperazine rings is 1. The molecule has 0 amide bonds. The van der Waals surface area contributed by atoms with Gasteiger partial charge in [-0.3, -0.25) is 4.79 Å². The van der Waals surface area contributed by atoms with Gasteiger partial charge in [-0.25, -0.2) is 8.42 Å². The average molecular weight is 453 g/mol. The first-order chi connectivity index (χ1) is 15.4. The van der Waals surface area contributed by atoms with Crippen molar-refractivity contribution in [3.8, 4) is 17.0 Å². The molecule has 166 valence electrons. The van der Waals surface area contributed by atoms with Crippen LogP contribution in [0.3, 0.4) is 0 Å².